The first-order valence-corrected chi connectivity index (χ1v) is 16.0. The summed E-state index contributed by atoms with van der Waals surface area (Å²) in [4.78, 5) is 89.0. The molecule has 0 unspecified atom stereocenters. The molecule has 2 aliphatic rings. The van der Waals surface area contributed by atoms with Gasteiger partial charge in [-0.1, -0.05) is 50.6 Å². The van der Waals surface area contributed by atoms with E-state index in [0.29, 0.717) is 25.0 Å². The van der Waals surface area contributed by atoms with Crippen LogP contribution in [0.1, 0.15) is 50.8 Å². The van der Waals surface area contributed by atoms with Gasteiger partial charge < -0.3 is 41.6 Å². The number of rotatable bonds is 7. The highest BCUT2D eigenvalue weighted by Gasteiger charge is 2.39. The van der Waals surface area contributed by atoms with Crippen LogP contribution in [0.3, 0.4) is 0 Å². The minimum Gasteiger partial charge on any atom is -0.394 e. The molecule has 6 amide bonds. The van der Waals surface area contributed by atoms with Crippen LogP contribution in [0.4, 0.5) is 0 Å². The largest absolute Gasteiger partial charge is 0.394 e. The van der Waals surface area contributed by atoms with Gasteiger partial charge in [-0.2, -0.15) is 0 Å². The first-order valence-electron chi connectivity index (χ1n) is 16.0. The molecule has 0 bridgehead atoms. The van der Waals surface area contributed by atoms with Crippen molar-refractivity contribution < 1.29 is 33.9 Å². The van der Waals surface area contributed by atoms with Crippen molar-refractivity contribution in [3.63, 3.8) is 0 Å². The minimum atomic E-state index is -1.36. The standard InChI is InChI=1S/C32H44N8O7/c1-3-19(2)27-31(46)38-24(17-41)32(47)40-13-7-10-25(40)30(45)34-12-11-26(42)36-22(14-20-8-5-4-6-9-20)28(43)37-23(29(44)39-27)15-21-16-33-18-35-21/h4-6,8-9,16,18-19,22-25,27,41H,3,7,10-15,17H2,1-2H3,(H,33,35)(H,34,45)(H,36,42)(H,37,43)(H,38,46)(H,39,44)/t19-,22-,23-,24-,25-,27-/m0/s1. The summed E-state index contributed by atoms with van der Waals surface area (Å²) in [5.74, 6) is -3.98. The average molecular weight is 653 g/mol. The smallest absolute Gasteiger partial charge is 0.248 e. The van der Waals surface area contributed by atoms with Crippen molar-refractivity contribution in [2.24, 2.45) is 5.92 Å². The molecule has 15 heteroatoms. The molecule has 0 radical (unpaired) electrons. The number of aliphatic hydroxyl groups is 1. The predicted octanol–water partition coefficient (Wildman–Crippen LogP) is -1.32. The Kier molecular flexibility index (Phi) is 12.4. The molecular weight excluding hydrogens is 608 g/mol. The number of aromatic amines is 1. The molecule has 2 aromatic rings. The number of amides is 6. The summed E-state index contributed by atoms with van der Waals surface area (Å²) in [7, 11) is 0. The Morgan fingerprint density at radius 2 is 1.60 bits per heavy atom. The lowest BCUT2D eigenvalue weighted by atomic mass is 9.97. The number of carbonyl (C=O) groups excluding carboxylic acids is 6. The van der Waals surface area contributed by atoms with Crippen LogP contribution in [0.5, 0.6) is 0 Å². The topological polar surface area (TPSA) is 215 Å². The van der Waals surface area contributed by atoms with Gasteiger partial charge >= 0.3 is 0 Å². The van der Waals surface area contributed by atoms with E-state index in [4.69, 9.17) is 0 Å². The van der Waals surface area contributed by atoms with Crippen molar-refractivity contribution in [3.8, 4) is 0 Å². The van der Waals surface area contributed by atoms with E-state index < -0.39 is 78.2 Å². The number of aliphatic hydroxyl groups excluding tert-OH is 1. The molecule has 0 aliphatic carbocycles. The van der Waals surface area contributed by atoms with Crippen LogP contribution in [0, 0.1) is 5.92 Å². The summed E-state index contributed by atoms with van der Waals surface area (Å²) in [5, 5.41) is 23.6. The molecule has 2 saturated heterocycles. The highest BCUT2D eigenvalue weighted by atomic mass is 16.3. The van der Waals surface area contributed by atoms with Crippen molar-refractivity contribution >= 4 is 35.4 Å². The fourth-order valence-corrected chi connectivity index (χ4v) is 5.75. The molecule has 0 spiro atoms. The maximum absolute atomic E-state index is 13.8. The van der Waals surface area contributed by atoms with Gasteiger partial charge in [-0.05, 0) is 24.3 Å². The van der Waals surface area contributed by atoms with Crippen LogP contribution >= 0.6 is 0 Å². The van der Waals surface area contributed by atoms with E-state index in [2.05, 4.69) is 36.6 Å². The summed E-state index contributed by atoms with van der Waals surface area (Å²) in [6.45, 7) is 3.06. The second kappa shape index (κ2) is 16.7. The van der Waals surface area contributed by atoms with Gasteiger partial charge in [0.25, 0.3) is 0 Å². The van der Waals surface area contributed by atoms with Gasteiger partial charge in [0.1, 0.15) is 30.2 Å². The first-order chi connectivity index (χ1) is 22.6. The summed E-state index contributed by atoms with van der Waals surface area (Å²) < 4.78 is 0. The number of nitrogens with one attached hydrogen (secondary N) is 6. The number of H-pyrrole nitrogens is 1. The van der Waals surface area contributed by atoms with Crippen LogP contribution in [0.25, 0.3) is 0 Å². The highest BCUT2D eigenvalue weighted by molar-refractivity contribution is 5.97. The molecule has 7 N–H and O–H groups in total. The molecular formula is C32H44N8O7. The van der Waals surface area contributed by atoms with Gasteiger partial charge in [0.05, 0.1) is 12.9 Å². The van der Waals surface area contributed by atoms with Gasteiger partial charge in [-0.25, -0.2) is 4.98 Å². The Morgan fingerprint density at radius 1 is 0.894 bits per heavy atom. The van der Waals surface area contributed by atoms with Crippen molar-refractivity contribution in [3.05, 3.63) is 54.1 Å². The number of aromatic nitrogens is 2. The Bertz CT molecular complexity index is 1400. The van der Waals surface area contributed by atoms with Crippen LogP contribution in [0.2, 0.25) is 0 Å². The number of carbonyl (C=O) groups is 6. The zero-order valence-corrected chi connectivity index (χ0v) is 26.7. The zero-order chi connectivity index (χ0) is 33.9. The van der Waals surface area contributed by atoms with Gasteiger partial charge in [0.2, 0.25) is 35.4 Å². The molecule has 15 nitrogen and oxygen atoms in total. The Morgan fingerprint density at radius 3 is 2.28 bits per heavy atom. The molecule has 1 aromatic carbocycles. The number of hydrogen-bond donors (Lipinski definition) is 7. The molecule has 3 heterocycles. The molecule has 6 atom stereocenters. The Hall–Kier alpha value is -4.79. The third kappa shape index (κ3) is 9.37. The van der Waals surface area contributed by atoms with E-state index in [1.165, 1.54) is 17.4 Å². The molecule has 0 saturated carbocycles. The fraction of sp³-hybridized carbons (Fsp3) is 0.531. The van der Waals surface area contributed by atoms with Gasteiger partial charge in [0, 0.05) is 44.2 Å². The lowest BCUT2D eigenvalue weighted by molar-refractivity contribution is -0.143. The number of hydrogen-bond acceptors (Lipinski definition) is 8. The zero-order valence-electron chi connectivity index (χ0n) is 26.7. The van der Waals surface area contributed by atoms with Crippen molar-refractivity contribution in [2.45, 2.75) is 82.6 Å². The molecule has 4 rings (SSSR count). The second-order valence-corrected chi connectivity index (χ2v) is 12.0. The summed E-state index contributed by atoms with van der Waals surface area (Å²) in [5.41, 5.74) is 1.31. The van der Waals surface area contributed by atoms with Crippen LogP contribution in [-0.2, 0) is 41.6 Å². The van der Waals surface area contributed by atoms with Crippen LogP contribution < -0.4 is 26.6 Å². The predicted molar refractivity (Wildman–Crippen MR) is 169 cm³/mol. The quantitative estimate of drug-likeness (QED) is 0.190. The lowest BCUT2D eigenvalue weighted by Gasteiger charge is -2.30. The van der Waals surface area contributed by atoms with Gasteiger partial charge in [-0.3, -0.25) is 28.8 Å². The molecule has 254 valence electrons. The van der Waals surface area contributed by atoms with E-state index in [0.717, 1.165) is 5.56 Å². The Labute approximate surface area is 273 Å². The van der Waals surface area contributed by atoms with Gasteiger partial charge in [0.15, 0.2) is 0 Å². The summed E-state index contributed by atoms with van der Waals surface area (Å²) >= 11 is 0. The van der Waals surface area contributed by atoms with E-state index in [-0.39, 0.29) is 32.4 Å². The van der Waals surface area contributed by atoms with Crippen molar-refractivity contribution in [1.82, 2.24) is 41.5 Å². The lowest BCUT2D eigenvalue weighted by Crippen LogP contribution is -2.61. The van der Waals surface area contributed by atoms with E-state index >= 15 is 0 Å². The first kappa shape index (κ1) is 35.1. The number of benzene rings is 1. The highest BCUT2D eigenvalue weighted by Crippen LogP contribution is 2.19. The van der Waals surface area contributed by atoms with E-state index in [1.807, 2.05) is 25.1 Å². The van der Waals surface area contributed by atoms with E-state index in [1.54, 1.807) is 19.1 Å². The molecule has 2 aliphatic heterocycles. The third-order valence-corrected chi connectivity index (χ3v) is 8.63. The van der Waals surface area contributed by atoms with Crippen LogP contribution in [-0.4, -0.2) is 105 Å². The Balaban J connectivity index is 1.67. The van der Waals surface area contributed by atoms with Gasteiger partial charge in [-0.15, -0.1) is 0 Å². The summed E-state index contributed by atoms with van der Waals surface area (Å²) in [6.07, 6.45) is 4.31. The van der Waals surface area contributed by atoms with E-state index in [9.17, 15) is 33.9 Å². The molecule has 47 heavy (non-hydrogen) atoms. The number of fused-ring (bicyclic) bond motifs is 1. The molecule has 2 fully saturated rings. The van der Waals surface area contributed by atoms with Crippen molar-refractivity contribution in [2.75, 3.05) is 19.7 Å². The minimum absolute atomic E-state index is 0.00144. The maximum Gasteiger partial charge on any atom is 0.248 e. The SMILES string of the molecule is CC[C@H](C)[C@@H]1NC(=O)[C@H](Cc2cnc[nH]2)NC(=O)[C@H](Cc2ccccc2)NC(=O)CCNC(=O)[C@@H]2CCCN2C(=O)[C@H](CO)NC1=O. The number of nitrogens with zero attached hydrogens (tertiary/aromatic N) is 2. The fourth-order valence-electron chi connectivity index (χ4n) is 5.75. The third-order valence-electron chi connectivity index (χ3n) is 8.63. The summed E-state index contributed by atoms with van der Waals surface area (Å²) in [6, 6.07) is 3.49. The van der Waals surface area contributed by atoms with Crippen LogP contribution in [0.15, 0.2) is 42.9 Å². The monoisotopic (exact) mass is 652 g/mol. The normalized spacial score (nSPS) is 26.0. The second-order valence-electron chi connectivity index (χ2n) is 12.0. The van der Waals surface area contributed by atoms with Crippen molar-refractivity contribution in [1.29, 1.82) is 0 Å². The maximum atomic E-state index is 13.8. The average Bonchev–Trinajstić information content (AvgIpc) is 3.77. The number of imidazole rings is 1. The molecule has 1 aromatic heterocycles.